The van der Waals surface area contributed by atoms with Crippen LogP contribution in [0.15, 0.2) is 12.2 Å². The maximum atomic E-state index is 12.7. The highest BCUT2D eigenvalue weighted by Gasteiger charge is 2.61. The van der Waals surface area contributed by atoms with Crippen LogP contribution in [0.3, 0.4) is 0 Å². The summed E-state index contributed by atoms with van der Waals surface area (Å²) in [6.07, 6.45) is 8.77. The van der Waals surface area contributed by atoms with E-state index in [-0.39, 0.29) is 35.3 Å². The van der Waals surface area contributed by atoms with Crippen LogP contribution in [0.4, 0.5) is 4.79 Å². The largest absolute Gasteiger partial charge is 0.516 e. The molecule has 0 aromatic heterocycles. The molecule has 0 radical (unpaired) electrons. The Kier molecular flexibility index (Phi) is 4.79. The van der Waals surface area contributed by atoms with Crippen molar-refractivity contribution in [3.63, 3.8) is 0 Å². The van der Waals surface area contributed by atoms with Crippen molar-refractivity contribution in [1.29, 1.82) is 0 Å². The Bertz CT molecular complexity index is 718. The van der Waals surface area contributed by atoms with Crippen molar-refractivity contribution in [1.82, 2.24) is 5.32 Å². The van der Waals surface area contributed by atoms with Gasteiger partial charge in [0, 0.05) is 11.5 Å². The lowest BCUT2D eigenvalue weighted by Crippen LogP contribution is -2.59. The van der Waals surface area contributed by atoms with Crippen LogP contribution in [0.2, 0.25) is 0 Å². The number of nitrogens with one attached hydrogen (secondary N) is 1. The zero-order chi connectivity index (χ0) is 20.1. The number of esters is 1. The lowest BCUT2D eigenvalue weighted by Gasteiger charge is -2.58. The molecule has 4 rings (SSSR count). The molecule has 0 unspecified atom stereocenters. The molecule has 6 heteroatoms. The average Bonchev–Trinajstić information content (AvgIpc) is 3.00. The zero-order valence-corrected chi connectivity index (χ0v) is 17.0. The second-order valence-corrected chi connectivity index (χ2v) is 9.49. The van der Waals surface area contributed by atoms with Gasteiger partial charge in [0.15, 0.2) is 0 Å². The topological polar surface area (TPSA) is 81.7 Å². The summed E-state index contributed by atoms with van der Waals surface area (Å²) in [6, 6.07) is 0.210. The molecule has 3 saturated carbocycles. The fourth-order valence-electron chi connectivity index (χ4n) is 7.02. The Morgan fingerprint density at radius 1 is 1.14 bits per heavy atom. The number of carbonyl (C=O) groups is 3. The van der Waals surface area contributed by atoms with Gasteiger partial charge in [-0.1, -0.05) is 19.9 Å². The molecule has 154 valence electrons. The van der Waals surface area contributed by atoms with Crippen LogP contribution >= 0.6 is 0 Å². The lowest BCUT2D eigenvalue weighted by molar-refractivity contribution is -0.152. The van der Waals surface area contributed by atoms with Crippen LogP contribution < -0.4 is 5.32 Å². The predicted octanol–water partition coefficient (Wildman–Crippen LogP) is 3.60. The second-order valence-electron chi connectivity index (χ2n) is 9.49. The number of ether oxygens (including phenoxy) is 2. The van der Waals surface area contributed by atoms with Crippen molar-refractivity contribution < 1.29 is 23.9 Å². The molecular weight excluding hydrogens is 358 g/mol. The van der Waals surface area contributed by atoms with E-state index in [0.717, 1.165) is 38.5 Å². The van der Waals surface area contributed by atoms with Gasteiger partial charge in [-0.15, -0.1) is 0 Å². The van der Waals surface area contributed by atoms with Gasteiger partial charge in [-0.25, -0.2) is 4.79 Å². The van der Waals surface area contributed by atoms with Crippen LogP contribution in [-0.4, -0.2) is 30.7 Å². The number of amides is 1. The molecular formula is C22H31NO5. The third kappa shape index (κ3) is 2.87. The molecule has 6 nitrogen and oxygen atoms in total. The van der Waals surface area contributed by atoms with Gasteiger partial charge in [0.25, 0.3) is 0 Å². The molecule has 3 aliphatic carbocycles. The fourth-order valence-corrected chi connectivity index (χ4v) is 7.02. The number of carbonyl (C=O) groups excluding carboxylic acids is 3. The zero-order valence-electron chi connectivity index (χ0n) is 17.0. The molecule has 1 heterocycles. The second kappa shape index (κ2) is 6.89. The monoisotopic (exact) mass is 389 g/mol. The van der Waals surface area contributed by atoms with E-state index in [0.29, 0.717) is 17.8 Å². The Morgan fingerprint density at radius 3 is 2.68 bits per heavy atom. The van der Waals surface area contributed by atoms with E-state index in [4.69, 9.17) is 9.47 Å². The van der Waals surface area contributed by atoms with Crippen molar-refractivity contribution in [3.8, 4) is 0 Å². The van der Waals surface area contributed by atoms with Crippen LogP contribution in [0, 0.1) is 34.5 Å². The van der Waals surface area contributed by atoms with Gasteiger partial charge in [0.05, 0.1) is 12.5 Å². The summed E-state index contributed by atoms with van der Waals surface area (Å²) in [5.74, 6) is 0.863. The van der Waals surface area contributed by atoms with Crippen LogP contribution in [0.1, 0.15) is 59.3 Å². The molecule has 0 bridgehead atoms. The molecule has 0 spiro atoms. The molecule has 0 saturated heterocycles. The minimum absolute atomic E-state index is 0.0122. The van der Waals surface area contributed by atoms with Gasteiger partial charge in [-0.3, -0.25) is 9.59 Å². The third-order valence-corrected chi connectivity index (χ3v) is 8.42. The molecule has 7 atom stereocenters. The van der Waals surface area contributed by atoms with Gasteiger partial charge in [-0.05, 0) is 74.7 Å². The van der Waals surface area contributed by atoms with E-state index in [9.17, 15) is 14.4 Å². The highest BCUT2D eigenvalue weighted by atomic mass is 16.7. The van der Waals surface area contributed by atoms with E-state index in [1.54, 1.807) is 13.0 Å². The SMILES string of the molecule is CCOC(=O)OC(=O)[C@H]1CC[C@H]2[C@@H]3CC[C@@H]4NC(=O)C=C[C@]4(C)[C@H]3CC[C@]12C. The first-order chi connectivity index (χ1) is 13.3. The number of hydrogen-bond donors (Lipinski definition) is 1. The summed E-state index contributed by atoms with van der Waals surface area (Å²) in [5.41, 5.74) is -0.142. The standard InChI is InChI=1S/C22H31NO5/c1-4-27-20(26)28-19(25)16-7-6-14-13-5-8-17-22(3,12-10-18(24)23-17)15(13)9-11-21(14,16)2/h10,12-17H,4-9,11H2,1-3H3,(H,23,24)/t13-,14-,15-,16+,17-,21-,22+/m0/s1. The van der Waals surface area contributed by atoms with Crippen LogP contribution in [0.5, 0.6) is 0 Å². The first-order valence-electron chi connectivity index (χ1n) is 10.7. The molecule has 1 aliphatic heterocycles. The van der Waals surface area contributed by atoms with Crippen molar-refractivity contribution >= 4 is 18.0 Å². The minimum atomic E-state index is -0.885. The number of fused-ring (bicyclic) bond motifs is 5. The Hall–Kier alpha value is -1.85. The third-order valence-electron chi connectivity index (χ3n) is 8.42. The summed E-state index contributed by atoms with van der Waals surface area (Å²) in [7, 11) is 0. The van der Waals surface area contributed by atoms with Crippen LogP contribution in [-0.2, 0) is 19.1 Å². The molecule has 0 aromatic rings. The smallest absolute Gasteiger partial charge is 0.434 e. The molecule has 1 amide bonds. The molecule has 0 aromatic carbocycles. The lowest BCUT2D eigenvalue weighted by atomic mass is 9.48. The first-order valence-corrected chi connectivity index (χ1v) is 10.7. The molecule has 4 aliphatic rings. The first kappa shape index (κ1) is 19.5. The van der Waals surface area contributed by atoms with Gasteiger partial charge in [0.2, 0.25) is 5.91 Å². The van der Waals surface area contributed by atoms with Crippen LogP contribution in [0.25, 0.3) is 0 Å². The number of rotatable bonds is 2. The number of hydrogen-bond acceptors (Lipinski definition) is 5. The maximum absolute atomic E-state index is 12.7. The van der Waals surface area contributed by atoms with Crippen molar-refractivity contribution in [2.45, 2.75) is 65.3 Å². The van der Waals surface area contributed by atoms with Gasteiger partial charge < -0.3 is 14.8 Å². The van der Waals surface area contributed by atoms with Crippen molar-refractivity contribution in [2.75, 3.05) is 6.61 Å². The Morgan fingerprint density at radius 2 is 1.93 bits per heavy atom. The van der Waals surface area contributed by atoms with E-state index in [2.05, 4.69) is 25.2 Å². The normalized spacial score (nSPS) is 44.0. The van der Waals surface area contributed by atoms with Crippen molar-refractivity contribution in [2.24, 2.45) is 34.5 Å². The summed E-state index contributed by atoms with van der Waals surface area (Å²) in [5, 5.41) is 3.17. The van der Waals surface area contributed by atoms with Crippen molar-refractivity contribution in [3.05, 3.63) is 12.2 Å². The van der Waals surface area contributed by atoms with Gasteiger partial charge in [0.1, 0.15) is 0 Å². The van der Waals surface area contributed by atoms with E-state index in [1.807, 2.05) is 0 Å². The molecule has 28 heavy (non-hydrogen) atoms. The quantitative estimate of drug-likeness (QED) is 0.576. The van der Waals surface area contributed by atoms with E-state index < -0.39 is 12.1 Å². The summed E-state index contributed by atoms with van der Waals surface area (Å²) >= 11 is 0. The highest BCUT2D eigenvalue weighted by Crippen LogP contribution is 2.65. The van der Waals surface area contributed by atoms with E-state index >= 15 is 0 Å². The van der Waals surface area contributed by atoms with E-state index in [1.165, 1.54) is 0 Å². The Labute approximate surface area is 166 Å². The molecule has 1 N–H and O–H groups in total. The summed E-state index contributed by atoms with van der Waals surface area (Å²) in [4.78, 5) is 36.1. The molecule has 3 fully saturated rings. The Balaban J connectivity index is 1.54. The minimum Gasteiger partial charge on any atom is -0.434 e. The fraction of sp³-hybridized carbons (Fsp3) is 0.773. The summed E-state index contributed by atoms with van der Waals surface area (Å²) in [6.45, 7) is 6.39. The average molecular weight is 389 g/mol. The maximum Gasteiger partial charge on any atom is 0.516 e. The highest BCUT2D eigenvalue weighted by molar-refractivity contribution is 5.89. The summed E-state index contributed by atoms with van der Waals surface area (Å²) < 4.78 is 9.77. The van der Waals surface area contributed by atoms with Gasteiger partial charge >= 0.3 is 12.1 Å². The predicted molar refractivity (Wildman–Crippen MR) is 102 cm³/mol. The van der Waals surface area contributed by atoms with Gasteiger partial charge in [-0.2, -0.15) is 0 Å².